The molecule has 3 aromatic carbocycles. The highest BCUT2D eigenvalue weighted by Crippen LogP contribution is 2.51. The third-order valence-electron chi connectivity index (χ3n) is 5.85. The molecule has 0 bridgehead atoms. The summed E-state index contributed by atoms with van der Waals surface area (Å²) in [5, 5.41) is 9.81. The van der Waals surface area contributed by atoms with Gasteiger partial charge in [-0.2, -0.15) is 5.26 Å². The Hall–Kier alpha value is -4.16. The second-order valence-corrected chi connectivity index (χ2v) is 9.59. The van der Waals surface area contributed by atoms with Gasteiger partial charge in [0.2, 0.25) is 5.88 Å². The third-order valence-corrected chi connectivity index (χ3v) is 7.73. The molecular weight excluding hydrogens is 460 g/mol. The Labute approximate surface area is 194 Å². The Bertz CT molecular complexity index is 1540. The van der Waals surface area contributed by atoms with Gasteiger partial charge in [0.15, 0.2) is 5.76 Å². The van der Waals surface area contributed by atoms with Crippen LogP contribution in [-0.2, 0) is 21.3 Å². The molecule has 0 radical (unpaired) electrons. The predicted octanol–water partition coefficient (Wildman–Crippen LogP) is 4.49. The van der Waals surface area contributed by atoms with Crippen LogP contribution < -0.4 is 10.0 Å². The summed E-state index contributed by atoms with van der Waals surface area (Å²) in [5.74, 6) is -2.98. The van der Waals surface area contributed by atoms with Crippen molar-refractivity contribution in [1.82, 2.24) is 0 Å². The number of para-hydroxylation sites is 1. The Balaban J connectivity index is 1.79. The van der Waals surface area contributed by atoms with Gasteiger partial charge in [0.05, 0.1) is 18.2 Å². The fourth-order valence-corrected chi connectivity index (χ4v) is 6.18. The lowest BCUT2D eigenvalue weighted by Gasteiger charge is -2.38. The van der Waals surface area contributed by atoms with Gasteiger partial charge in [0, 0.05) is 16.7 Å². The van der Waals surface area contributed by atoms with Crippen molar-refractivity contribution >= 4 is 21.5 Å². The fraction of sp³-hybridized carbons (Fsp3) is 0.0800. The van der Waals surface area contributed by atoms with E-state index in [9.17, 15) is 22.5 Å². The van der Waals surface area contributed by atoms with E-state index in [2.05, 4.69) is 0 Å². The standard InChI is InChI=1S/C25H17F2N3O3S/c26-19-10-4-1-7-15(19)14-30-21-12-6-3-9-17(21)23-24(34(30,31)32)22(18(13-28)25(29)33-23)16-8-2-5-11-20(16)27/h1-12,22H,14,29H2. The van der Waals surface area contributed by atoms with Crippen molar-refractivity contribution in [1.29, 1.82) is 5.26 Å². The summed E-state index contributed by atoms with van der Waals surface area (Å²) in [6, 6.07) is 19.8. The summed E-state index contributed by atoms with van der Waals surface area (Å²) in [7, 11) is -4.42. The topological polar surface area (TPSA) is 96.4 Å². The van der Waals surface area contributed by atoms with Gasteiger partial charge in [-0.1, -0.05) is 48.5 Å². The smallest absolute Gasteiger partial charge is 0.265 e. The quantitative estimate of drug-likeness (QED) is 0.600. The fourth-order valence-electron chi connectivity index (χ4n) is 4.28. The Morgan fingerprint density at radius 3 is 2.32 bits per heavy atom. The van der Waals surface area contributed by atoms with Crippen molar-refractivity contribution in [3.8, 4) is 6.07 Å². The molecule has 2 N–H and O–H groups in total. The average molecular weight is 477 g/mol. The summed E-state index contributed by atoms with van der Waals surface area (Å²) in [6.07, 6.45) is 0. The lowest BCUT2D eigenvalue weighted by atomic mass is 9.88. The van der Waals surface area contributed by atoms with Crippen LogP contribution in [0.1, 0.15) is 22.6 Å². The number of hydrogen-bond acceptors (Lipinski definition) is 5. The summed E-state index contributed by atoms with van der Waals surface area (Å²) in [6.45, 7) is -0.312. The molecule has 1 atom stereocenters. The molecule has 34 heavy (non-hydrogen) atoms. The molecule has 0 amide bonds. The summed E-state index contributed by atoms with van der Waals surface area (Å²) < 4.78 is 64.3. The number of nitrogens with two attached hydrogens (primary N) is 1. The van der Waals surface area contributed by atoms with Crippen molar-refractivity contribution in [2.24, 2.45) is 5.73 Å². The highest BCUT2D eigenvalue weighted by Gasteiger charge is 2.47. The van der Waals surface area contributed by atoms with Crippen molar-refractivity contribution in [2.75, 3.05) is 4.31 Å². The summed E-state index contributed by atoms with van der Waals surface area (Å²) in [4.78, 5) is -0.321. The first-order valence-electron chi connectivity index (χ1n) is 10.3. The molecule has 0 spiro atoms. The van der Waals surface area contributed by atoms with Gasteiger partial charge in [0.25, 0.3) is 10.0 Å². The van der Waals surface area contributed by atoms with Crippen LogP contribution in [0, 0.1) is 23.0 Å². The Morgan fingerprint density at radius 2 is 1.62 bits per heavy atom. The zero-order valence-corrected chi connectivity index (χ0v) is 18.4. The number of sulfonamides is 1. The molecule has 1 unspecified atom stereocenters. The van der Waals surface area contributed by atoms with E-state index < -0.39 is 27.6 Å². The van der Waals surface area contributed by atoms with Crippen LogP contribution in [0.25, 0.3) is 5.76 Å². The molecule has 5 rings (SSSR count). The van der Waals surface area contributed by atoms with E-state index in [4.69, 9.17) is 10.5 Å². The van der Waals surface area contributed by atoms with Crippen LogP contribution in [0.4, 0.5) is 14.5 Å². The number of nitrogens with zero attached hydrogens (tertiary/aromatic N) is 2. The van der Waals surface area contributed by atoms with E-state index in [1.807, 2.05) is 6.07 Å². The first-order valence-corrected chi connectivity index (χ1v) is 11.7. The van der Waals surface area contributed by atoms with Gasteiger partial charge < -0.3 is 10.5 Å². The molecule has 0 fully saturated rings. The lowest BCUT2D eigenvalue weighted by molar-refractivity contribution is 0.357. The SMILES string of the molecule is N#CC1=C(N)OC2=C(C1c1ccccc1F)S(=O)(=O)N(Cc1ccccc1F)c1ccccc12. The number of ether oxygens (including phenoxy) is 1. The summed E-state index contributed by atoms with van der Waals surface area (Å²) >= 11 is 0. The van der Waals surface area contributed by atoms with E-state index in [-0.39, 0.29) is 45.5 Å². The van der Waals surface area contributed by atoms with Crippen LogP contribution in [0.2, 0.25) is 0 Å². The minimum Gasteiger partial charge on any atom is -0.439 e. The van der Waals surface area contributed by atoms with Crippen molar-refractivity contribution < 1.29 is 21.9 Å². The summed E-state index contributed by atoms with van der Waals surface area (Å²) in [5.41, 5.74) is 6.55. The number of allylic oxidation sites excluding steroid dienone is 2. The van der Waals surface area contributed by atoms with Crippen LogP contribution in [0.5, 0.6) is 0 Å². The first-order chi connectivity index (χ1) is 16.3. The number of fused-ring (bicyclic) bond motifs is 2. The van der Waals surface area contributed by atoms with Crippen molar-refractivity contribution in [3.63, 3.8) is 0 Å². The molecule has 2 aliphatic rings. The average Bonchev–Trinajstić information content (AvgIpc) is 2.82. The maximum Gasteiger partial charge on any atom is 0.265 e. The third kappa shape index (κ3) is 3.23. The normalized spacial score (nSPS) is 18.6. The van der Waals surface area contributed by atoms with Gasteiger partial charge in [-0.15, -0.1) is 0 Å². The zero-order valence-electron chi connectivity index (χ0n) is 17.6. The monoisotopic (exact) mass is 477 g/mol. The van der Waals surface area contributed by atoms with Gasteiger partial charge in [-0.05, 0) is 24.3 Å². The van der Waals surface area contributed by atoms with Gasteiger partial charge in [0.1, 0.15) is 28.2 Å². The number of halogens is 2. The van der Waals surface area contributed by atoms with Crippen LogP contribution in [0.3, 0.4) is 0 Å². The second kappa shape index (κ2) is 8.01. The molecule has 0 aromatic heterocycles. The molecule has 0 saturated heterocycles. The van der Waals surface area contributed by atoms with Crippen LogP contribution in [-0.4, -0.2) is 8.42 Å². The molecule has 0 saturated carbocycles. The second-order valence-electron chi connectivity index (χ2n) is 7.76. The van der Waals surface area contributed by atoms with E-state index in [1.165, 1.54) is 36.4 Å². The van der Waals surface area contributed by atoms with Crippen LogP contribution >= 0.6 is 0 Å². The van der Waals surface area contributed by atoms with Crippen molar-refractivity contribution in [2.45, 2.75) is 12.5 Å². The maximum absolute atomic E-state index is 14.9. The van der Waals surface area contributed by atoms with E-state index in [0.29, 0.717) is 5.56 Å². The number of anilines is 1. The molecular formula is C25H17F2N3O3S. The first kappa shape index (κ1) is 21.7. The molecule has 3 aromatic rings. The zero-order chi connectivity index (χ0) is 24.0. The number of benzene rings is 3. The van der Waals surface area contributed by atoms with E-state index in [0.717, 1.165) is 4.31 Å². The van der Waals surface area contributed by atoms with E-state index >= 15 is 0 Å². The largest absolute Gasteiger partial charge is 0.439 e. The predicted molar refractivity (Wildman–Crippen MR) is 122 cm³/mol. The number of rotatable bonds is 3. The lowest BCUT2D eigenvalue weighted by Crippen LogP contribution is -2.39. The van der Waals surface area contributed by atoms with Gasteiger partial charge >= 0.3 is 0 Å². The maximum atomic E-state index is 14.9. The Kier molecular flexibility index (Phi) is 5.10. The Morgan fingerprint density at radius 1 is 0.971 bits per heavy atom. The molecule has 2 heterocycles. The number of hydrogen-bond donors (Lipinski definition) is 1. The van der Waals surface area contributed by atoms with Gasteiger partial charge in [-0.25, -0.2) is 17.2 Å². The minimum absolute atomic E-state index is 0.0356. The molecule has 0 aliphatic carbocycles. The number of nitriles is 1. The molecule has 170 valence electrons. The highest BCUT2D eigenvalue weighted by molar-refractivity contribution is 7.96. The minimum atomic E-state index is -4.42. The van der Waals surface area contributed by atoms with Crippen molar-refractivity contribution in [3.05, 3.63) is 117 Å². The van der Waals surface area contributed by atoms with Crippen LogP contribution in [0.15, 0.2) is 89.2 Å². The molecule has 2 aliphatic heterocycles. The highest BCUT2D eigenvalue weighted by atomic mass is 32.2. The van der Waals surface area contributed by atoms with E-state index in [1.54, 1.807) is 36.4 Å². The van der Waals surface area contributed by atoms with Gasteiger partial charge in [-0.3, -0.25) is 4.31 Å². The molecule has 6 nitrogen and oxygen atoms in total. The molecule has 9 heteroatoms.